The van der Waals surface area contributed by atoms with E-state index in [0.717, 1.165) is 5.56 Å². The van der Waals surface area contributed by atoms with E-state index in [0.29, 0.717) is 18.8 Å². The molecule has 0 unspecified atom stereocenters. The molecule has 1 aromatic rings. The van der Waals surface area contributed by atoms with E-state index >= 15 is 0 Å². The van der Waals surface area contributed by atoms with Gasteiger partial charge in [-0.05, 0) is 51.0 Å². The van der Waals surface area contributed by atoms with Crippen molar-refractivity contribution >= 4 is 10.0 Å². The minimum absolute atomic E-state index is 0.188. The van der Waals surface area contributed by atoms with Crippen LogP contribution in [0.5, 0.6) is 5.75 Å². The maximum absolute atomic E-state index is 12.3. The van der Waals surface area contributed by atoms with Gasteiger partial charge in [-0.1, -0.05) is 12.8 Å². The number of rotatable bonds is 6. The maximum Gasteiger partial charge on any atom is 0.241 e. The molecule has 1 aromatic carbocycles. The first-order valence-electron chi connectivity index (χ1n) is 6.53. The van der Waals surface area contributed by atoms with Gasteiger partial charge in [-0.25, -0.2) is 8.42 Å². The van der Waals surface area contributed by atoms with Gasteiger partial charge in [-0.15, -0.1) is 6.42 Å². The average molecular weight is 295 g/mol. The lowest BCUT2D eigenvalue weighted by Crippen LogP contribution is -2.44. The summed E-state index contributed by atoms with van der Waals surface area (Å²) in [5.41, 5.74) is -0.112. The van der Waals surface area contributed by atoms with Crippen molar-refractivity contribution in [3.05, 3.63) is 23.8 Å². The molecule has 0 bridgehead atoms. The fraction of sp³-hybridized carbons (Fsp3) is 0.467. The van der Waals surface area contributed by atoms with Gasteiger partial charge in [-0.3, -0.25) is 0 Å². The first-order valence-corrected chi connectivity index (χ1v) is 8.01. The Hall–Kier alpha value is -1.51. The van der Waals surface area contributed by atoms with Crippen molar-refractivity contribution in [2.24, 2.45) is 0 Å². The molecule has 1 N–H and O–H groups in total. The molecule has 5 heteroatoms. The normalized spacial score (nSPS) is 14.3. The van der Waals surface area contributed by atoms with Crippen molar-refractivity contribution in [2.75, 3.05) is 6.61 Å². The van der Waals surface area contributed by atoms with Crippen LogP contribution in [0.2, 0.25) is 0 Å². The largest absolute Gasteiger partial charge is 0.494 e. The van der Waals surface area contributed by atoms with E-state index in [9.17, 15) is 8.42 Å². The highest BCUT2D eigenvalue weighted by Crippen LogP contribution is 2.23. The lowest BCUT2D eigenvalue weighted by Gasteiger charge is -2.23. The molecule has 1 atom stereocenters. The summed E-state index contributed by atoms with van der Waals surface area (Å²) in [6.07, 6.45) is 5.91. The Morgan fingerprint density at radius 2 is 2.05 bits per heavy atom. The molecule has 0 amide bonds. The molecule has 0 saturated carbocycles. The number of terminal acetylenes is 1. The molecule has 4 nitrogen and oxygen atoms in total. The molecule has 1 rings (SSSR count). The molecule has 0 aromatic heterocycles. The van der Waals surface area contributed by atoms with E-state index in [1.54, 1.807) is 19.1 Å². The van der Waals surface area contributed by atoms with Gasteiger partial charge in [0.25, 0.3) is 0 Å². The molecule has 20 heavy (non-hydrogen) atoms. The Balaban J connectivity index is 3.11. The number of sulfonamides is 1. The summed E-state index contributed by atoms with van der Waals surface area (Å²) >= 11 is 0. The van der Waals surface area contributed by atoms with Gasteiger partial charge in [0.1, 0.15) is 5.75 Å². The highest BCUT2D eigenvalue weighted by atomic mass is 32.2. The summed E-state index contributed by atoms with van der Waals surface area (Å²) in [6, 6.07) is 4.76. The number of nitrogens with one attached hydrogen (secondary N) is 1. The van der Waals surface area contributed by atoms with E-state index in [4.69, 9.17) is 11.2 Å². The summed E-state index contributed by atoms with van der Waals surface area (Å²) < 4.78 is 32.6. The highest BCUT2D eigenvalue weighted by molar-refractivity contribution is 7.89. The van der Waals surface area contributed by atoms with Crippen LogP contribution in [0.15, 0.2) is 23.1 Å². The van der Waals surface area contributed by atoms with E-state index < -0.39 is 15.6 Å². The van der Waals surface area contributed by atoms with Crippen molar-refractivity contribution < 1.29 is 13.2 Å². The highest BCUT2D eigenvalue weighted by Gasteiger charge is 2.27. The van der Waals surface area contributed by atoms with Gasteiger partial charge in [0.05, 0.1) is 17.0 Å². The predicted molar refractivity (Wildman–Crippen MR) is 80.2 cm³/mol. The van der Waals surface area contributed by atoms with Gasteiger partial charge in [-0.2, -0.15) is 4.72 Å². The lowest BCUT2D eigenvalue weighted by molar-refractivity contribution is 0.337. The third kappa shape index (κ3) is 3.75. The van der Waals surface area contributed by atoms with Crippen molar-refractivity contribution in [2.45, 2.75) is 44.6 Å². The molecule has 0 aliphatic heterocycles. The molecule has 0 radical (unpaired) electrons. The van der Waals surface area contributed by atoms with Crippen LogP contribution in [0.25, 0.3) is 0 Å². The van der Waals surface area contributed by atoms with Crippen LogP contribution in [-0.2, 0) is 10.0 Å². The van der Waals surface area contributed by atoms with Crippen molar-refractivity contribution in [1.82, 2.24) is 4.72 Å². The van der Waals surface area contributed by atoms with E-state index in [2.05, 4.69) is 10.6 Å². The van der Waals surface area contributed by atoms with Crippen LogP contribution in [0, 0.1) is 19.3 Å². The SMILES string of the molecule is C#C[C@](C)(CC)NS(=O)(=O)c1ccc(OCC)c(C)c1. The molecule has 0 saturated heterocycles. The monoisotopic (exact) mass is 295 g/mol. The Bertz CT molecular complexity index is 616. The quantitative estimate of drug-likeness (QED) is 0.820. The fourth-order valence-electron chi connectivity index (χ4n) is 1.67. The van der Waals surface area contributed by atoms with Gasteiger partial charge in [0, 0.05) is 0 Å². The third-order valence-electron chi connectivity index (χ3n) is 3.14. The summed E-state index contributed by atoms with van der Waals surface area (Å²) in [5.74, 6) is 3.17. The zero-order chi connectivity index (χ0) is 15.4. The first-order chi connectivity index (χ1) is 9.28. The molecule has 0 aliphatic rings. The Morgan fingerprint density at radius 1 is 1.40 bits per heavy atom. The summed E-state index contributed by atoms with van der Waals surface area (Å²) in [4.78, 5) is 0.188. The smallest absolute Gasteiger partial charge is 0.241 e. The van der Waals surface area contributed by atoms with Gasteiger partial charge in [0.2, 0.25) is 10.0 Å². The summed E-state index contributed by atoms with van der Waals surface area (Å²) in [5, 5.41) is 0. The second-order valence-electron chi connectivity index (χ2n) is 4.80. The number of hydrogen-bond acceptors (Lipinski definition) is 3. The third-order valence-corrected chi connectivity index (χ3v) is 4.74. The van der Waals surface area contributed by atoms with Gasteiger partial charge >= 0.3 is 0 Å². The van der Waals surface area contributed by atoms with Crippen LogP contribution < -0.4 is 9.46 Å². The minimum Gasteiger partial charge on any atom is -0.494 e. The van der Waals surface area contributed by atoms with E-state index in [-0.39, 0.29) is 4.90 Å². The fourth-order valence-corrected chi connectivity index (χ4v) is 3.16. The summed E-state index contributed by atoms with van der Waals surface area (Å²) in [7, 11) is -3.64. The average Bonchev–Trinajstić information content (AvgIpc) is 2.40. The predicted octanol–water partition coefficient (Wildman–Crippen LogP) is 2.47. The van der Waals surface area contributed by atoms with Crippen LogP contribution in [0.4, 0.5) is 0 Å². The van der Waals surface area contributed by atoms with Crippen molar-refractivity contribution in [1.29, 1.82) is 0 Å². The second-order valence-corrected chi connectivity index (χ2v) is 6.48. The van der Waals surface area contributed by atoms with Crippen LogP contribution in [0.1, 0.15) is 32.8 Å². The van der Waals surface area contributed by atoms with Gasteiger partial charge in [0.15, 0.2) is 0 Å². The van der Waals surface area contributed by atoms with E-state index in [1.807, 2.05) is 20.8 Å². The molecular formula is C15H21NO3S. The first kappa shape index (κ1) is 16.5. The molecule has 0 heterocycles. The molecule has 110 valence electrons. The number of aryl methyl sites for hydroxylation is 1. The zero-order valence-corrected chi connectivity index (χ0v) is 13.2. The van der Waals surface area contributed by atoms with Crippen LogP contribution in [-0.4, -0.2) is 20.6 Å². The molecular weight excluding hydrogens is 274 g/mol. The molecule has 0 aliphatic carbocycles. The van der Waals surface area contributed by atoms with E-state index in [1.165, 1.54) is 6.07 Å². The topological polar surface area (TPSA) is 55.4 Å². The molecule has 0 spiro atoms. The molecule has 0 fully saturated rings. The standard InChI is InChI=1S/C15H21NO3S/c1-6-15(5,7-2)16-20(17,18)13-9-10-14(19-8-3)12(4)11-13/h1,9-11,16H,7-8H2,2-5H3/t15-/m1/s1. The van der Waals surface area contributed by atoms with Crippen LogP contribution in [0.3, 0.4) is 0 Å². The number of hydrogen-bond donors (Lipinski definition) is 1. The van der Waals surface area contributed by atoms with Crippen molar-refractivity contribution in [3.8, 4) is 18.1 Å². The van der Waals surface area contributed by atoms with Crippen molar-refractivity contribution in [3.63, 3.8) is 0 Å². The van der Waals surface area contributed by atoms with Crippen LogP contribution >= 0.6 is 0 Å². The summed E-state index contributed by atoms with van der Waals surface area (Å²) in [6.45, 7) is 7.75. The number of ether oxygens (including phenoxy) is 1. The number of benzene rings is 1. The zero-order valence-electron chi connectivity index (χ0n) is 12.4. The second kappa shape index (κ2) is 6.29. The minimum atomic E-state index is -3.64. The Kier molecular flexibility index (Phi) is 5.21. The lowest BCUT2D eigenvalue weighted by atomic mass is 10.0. The van der Waals surface area contributed by atoms with Gasteiger partial charge < -0.3 is 4.74 Å². The Morgan fingerprint density at radius 3 is 2.50 bits per heavy atom. The Labute approximate surface area is 121 Å². The maximum atomic E-state index is 12.3.